The van der Waals surface area contributed by atoms with Crippen LogP contribution >= 0.6 is 0 Å². The fourth-order valence-electron chi connectivity index (χ4n) is 2.93. The fraction of sp³-hybridized carbons (Fsp3) is 0.350. The molecule has 0 bridgehead atoms. The summed E-state index contributed by atoms with van der Waals surface area (Å²) in [4.78, 5) is 12.6. The molecule has 0 N–H and O–H groups in total. The molecule has 3 rings (SSSR count). The molecule has 0 aliphatic carbocycles. The summed E-state index contributed by atoms with van der Waals surface area (Å²) in [7, 11) is -2.13. The second-order valence-corrected chi connectivity index (χ2v) is 8.33. The molecule has 0 amide bonds. The lowest BCUT2D eigenvalue weighted by atomic mass is 10.1. The number of esters is 1. The first-order chi connectivity index (χ1) is 13.4. The highest BCUT2D eigenvalue weighted by molar-refractivity contribution is 7.89. The van der Waals surface area contributed by atoms with Crippen LogP contribution in [0.1, 0.15) is 21.5 Å². The molecule has 0 unspecified atom stereocenters. The van der Waals surface area contributed by atoms with Crippen molar-refractivity contribution >= 4 is 16.0 Å². The molecule has 1 aliphatic rings. The molecule has 1 saturated heterocycles. The number of rotatable bonds is 6. The van der Waals surface area contributed by atoms with Crippen LogP contribution in [0.3, 0.4) is 0 Å². The summed E-state index contributed by atoms with van der Waals surface area (Å²) >= 11 is 0. The molecule has 0 spiro atoms. The lowest BCUT2D eigenvalue weighted by Gasteiger charge is -2.26. The SMILES string of the molecule is COc1cccc(COC(=O)c2ccc(C)c(S(=O)(=O)N3CCOCC3)c2)c1. The predicted octanol–water partition coefficient (Wildman–Crippen LogP) is 2.38. The van der Waals surface area contributed by atoms with Crippen molar-refractivity contribution in [2.24, 2.45) is 0 Å². The van der Waals surface area contributed by atoms with Crippen LogP contribution < -0.4 is 4.74 Å². The van der Waals surface area contributed by atoms with Gasteiger partial charge in [0.1, 0.15) is 12.4 Å². The van der Waals surface area contributed by atoms with E-state index in [1.165, 1.54) is 10.4 Å². The second kappa shape index (κ2) is 8.72. The number of sulfonamides is 1. The first kappa shape index (κ1) is 20.3. The van der Waals surface area contributed by atoms with Gasteiger partial charge in [-0.3, -0.25) is 0 Å². The summed E-state index contributed by atoms with van der Waals surface area (Å²) in [5.41, 5.74) is 1.55. The Morgan fingerprint density at radius 2 is 1.89 bits per heavy atom. The molecule has 1 heterocycles. The summed E-state index contributed by atoms with van der Waals surface area (Å²) in [6, 6.07) is 11.8. The fourth-order valence-corrected chi connectivity index (χ4v) is 4.58. The summed E-state index contributed by atoms with van der Waals surface area (Å²) in [5.74, 6) is 0.0871. The lowest BCUT2D eigenvalue weighted by Crippen LogP contribution is -2.40. The Morgan fingerprint density at radius 1 is 1.14 bits per heavy atom. The van der Waals surface area contributed by atoms with Gasteiger partial charge in [0.05, 0.1) is 30.8 Å². The topological polar surface area (TPSA) is 82.1 Å². The van der Waals surface area contributed by atoms with Gasteiger partial charge in [0.25, 0.3) is 0 Å². The number of nitrogens with zero attached hydrogens (tertiary/aromatic N) is 1. The minimum atomic E-state index is -3.70. The highest BCUT2D eigenvalue weighted by Crippen LogP contribution is 2.23. The van der Waals surface area contributed by atoms with Crippen molar-refractivity contribution in [2.45, 2.75) is 18.4 Å². The van der Waals surface area contributed by atoms with E-state index in [-0.39, 0.29) is 17.1 Å². The van der Waals surface area contributed by atoms with Crippen LogP contribution in [0.15, 0.2) is 47.4 Å². The van der Waals surface area contributed by atoms with E-state index in [0.29, 0.717) is 37.6 Å². The van der Waals surface area contributed by atoms with Crippen molar-refractivity contribution < 1.29 is 27.4 Å². The average Bonchev–Trinajstić information content (AvgIpc) is 2.73. The van der Waals surface area contributed by atoms with Gasteiger partial charge in [0.2, 0.25) is 10.0 Å². The number of aryl methyl sites for hydroxylation is 1. The largest absolute Gasteiger partial charge is 0.497 e. The number of benzene rings is 2. The minimum absolute atomic E-state index is 0.0649. The smallest absolute Gasteiger partial charge is 0.338 e. The number of hydrogen-bond acceptors (Lipinski definition) is 6. The average molecular weight is 405 g/mol. The molecule has 0 atom stereocenters. The summed E-state index contributed by atoms with van der Waals surface area (Å²) < 4.78 is 43.0. The number of hydrogen-bond donors (Lipinski definition) is 0. The summed E-state index contributed by atoms with van der Waals surface area (Å²) in [6.07, 6.45) is 0. The highest BCUT2D eigenvalue weighted by Gasteiger charge is 2.28. The van der Waals surface area contributed by atoms with Gasteiger partial charge in [-0.1, -0.05) is 18.2 Å². The Morgan fingerprint density at radius 3 is 2.61 bits per heavy atom. The van der Waals surface area contributed by atoms with Crippen molar-refractivity contribution in [3.05, 3.63) is 59.2 Å². The van der Waals surface area contributed by atoms with Crippen LogP contribution in [-0.4, -0.2) is 52.1 Å². The molecule has 8 heteroatoms. The standard InChI is InChI=1S/C20H23NO6S/c1-15-6-7-17(13-19(15)28(23,24)21-8-10-26-11-9-21)20(22)27-14-16-4-3-5-18(12-16)25-2/h3-7,12-13H,8-11,14H2,1-2H3. The zero-order valence-corrected chi connectivity index (χ0v) is 16.7. The maximum Gasteiger partial charge on any atom is 0.338 e. The van der Waals surface area contributed by atoms with Crippen LogP contribution in [0.2, 0.25) is 0 Å². The molecule has 0 saturated carbocycles. The summed E-state index contributed by atoms with van der Waals surface area (Å²) in [5, 5.41) is 0. The molecule has 1 fully saturated rings. The monoisotopic (exact) mass is 405 g/mol. The van der Waals surface area contributed by atoms with E-state index in [4.69, 9.17) is 14.2 Å². The first-order valence-corrected chi connectivity index (χ1v) is 10.3. The quantitative estimate of drug-likeness (QED) is 0.687. The van der Waals surface area contributed by atoms with Gasteiger partial charge in [0, 0.05) is 13.1 Å². The number of methoxy groups -OCH3 is 1. The van der Waals surface area contributed by atoms with E-state index in [9.17, 15) is 13.2 Å². The van der Waals surface area contributed by atoms with Crippen LogP contribution in [0.5, 0.6) is 5.75 Å². The predicted molar refractivity (Wildman–Crippen MR) is 103 cm³/mol. The number of morpholine rings is 1. The number of ether oxygens (including phenoxy) is 3. The normalized spacial score (nSPS) is 15.2. The molecule has 28 heavy (non-hydrogen) atoms. The number of carbonyl (C=O) groups excluding carboxylic acids is 1. The molecular formula is C20H23NO6S. The Kier molecular flexibility index (Phi) is 6.33. The molecule has 2 aromatic carbocycles. The molecule has 1 aliphatic heterocycles. The van der Waals surface area contributed by atoms with Gasteiger partial charge in [-0.2, -0.15) is 4.31 Å². The molecule has 7 nitrogen and oxygen atoms in total. The van der Waals surface area contributed by atoms with Crippen LogP contribution in [0.4, 0.5) is 0 Å². The van der Waals surface area contributed by atoms with E-state index in [0.717, 1.165) is 5.56 Å². The highest BCUT2D eigenvalue weighted by atomic mass is 32.2. The molecule has 0 radical (unpaired) electrons. The third-order valence-electron chi connectivity index (χ3n) is 4.52. The van der Waals surface area contributed by atoms with E-state index >= 15 is 0 Å². The third-order valence-corrected chi connectivity index (χ3v) is 6.56. The molecule has 2 aromatic rings. The summed E-state index contributed by atoms with van der Waals surface area (Å²) in [6.45, 7) is 3.09. The van der Waals surface area contributed by atoms with Gasteiger partial charge >= 0.3 is 5.97 Å². The van der Waals surface area contributed by atoms with Crippen molar-refractivity contribution in [1.82, 2.24) is 4.31 Å². The maximum absolute atomic E-state index is 12.9. The van der Waals surface area contributed by atoms with Crippen LogP contribution in [0, 0.1) is 6.92 Å². The van der Waals surface area contributed by atoms with Gasteiger partial charge in [-0.15, -0.1) is 0 Å². The molecular weight excluding hydrogens is 382 g/mol. The third kappa shape index (κ3) is 4.52. The van der Waals surface area contributed by atoms with Crippen LogP contribution in [-0.2, 0) is 26.1 Å². The zero-order valence-electron chi connectivity index (χ0n) is 15.9. The Labute approximate surface area is 164 Å². The Hall–Kier alpha value is -2.42. The van der Waals surface area contributed by atoms with Crippen molar-refractivity contribution in [1.29, 1.82) is 0 Å². The van der Waals surface area contributed by atoms with Gasteiger partial charge in [-0.05, 0) is 42.3 Å². The van der Waals surface area contributed by atoms with Crippen LogP contribution in [0.25, 0.3) is 0 Å². The van der Waals surface area contributed by atoms with Crippen molar-refractivity contribution in [3.63, 3.8) is 0 Å². The number of carbonyl (C=O) groups is 1. The van der Waals surface area contributed by atoms with E-state index < -0.39 is 16.0 Å². The van der Waals surface area contributed by atoms with Gasteiger partial charge in [0.15, 0.2) is 0 Å². The molecule has 150 valence electrons. The van der Waals surface area contributed by atoms with E-state index in [1.54, 1.807) is 44.4 Å². The van der Waals surface area contributed by atoms with Crippen molar-refractivity contribution in [3.8, 4) is 5.75 Å². The lowest BCUT2D eigenvalue weighted by molar-refractivity contribution is 0.0472. The Balaban J connectivity index is 1.77. The maximum atomic E-state index is 12.9. The minimum Gasteiger partial charge on any atom is -0.497 e. The van der Waals surface area contributed by atoms with E-state index in [1.807, 2.05) is 6.07 Å². The van der Waals surface area contributed by atoms with Gasteiger partial charge < -0.3 is 14.2 Å². The van der Waals surface area contributed by atoms with Gasteiger partial charge in [-0.25, -0.2) is 13.2 Å². The Bertz CT molecular complexity index is 951. The zero-order chi connectivity index (χ0) is 20.1. The van der Waals surface area contributed by atoms with Crippen molar-refractivity contribution in [2.75, 3.05) is 33.4 Å². The van der Waals surface area contributed by atoms with E-state index in [2.05, 4.69) is 0 Å². The first-order valence-electron chi connectivity index (χ1n) is 8.90. The molecule has 0 aromatic heterocycles. The second-order valence-electron chi connectivity index (χ2n) is 6.42.